The summed E-state index contributed by atoms with van der Waals surface area (Å²) in [6.07, 6.45) is 9.38. The van der Waals surface area contributed by atoms with Gasteiger partial charge in [0.05, 0.1) is 0 Å². The molecule has 4 nitrogen and oxygen atoms in total. The standard InChI is InChI=1S/C24H25N3OS/c28-24(21-16-29-23(26-21)18-10-13-25-14-11-18)27-15-12-19(17-6-2-1-3-7-17)20-8-4-5-9-22(20)27/h1-3,6-7,10-11,13-14,16,19-20,22H,4-5,8-9,12,15H2/t19-,20-,22-/m1/s1. The monoisotopic (exact) mass is 403 g/mol. The molecule has 0 spiro atoms. The van der Waals surface area contributed by atoms with Gasteiger partial charge in [-0.05, 0) is 48.8 Å². The van der Waals surface area contributed by atoms with Crippen LogP contribution < -0.4 is 0 Å². The number of carbonyl (C=O) groups excluding carboxylic acids is 1. The smallest absolute Gasteiger partial charge is 0.273 e. The maximum atomic E-state index is 13.4. The van der Waals surface area contributed by atoms with Crippen LogP contribution in [0.15, 0.2) is 60.2 Å². The molecule has 1 aliphatic carbocycles. The van der Waals surface area contributed by atoms with Crippen molar-refractivity contribution in [3.05, 3.63) is 71.5 Å². The Morgan fingerprint density at radius 2 is 1.79 bits per heavy atom. The van der Waals surface area contributed by atoms with E-state index >= 15 is 0 Å². The van der Waals surface area contributed by atoms with Crippen LogP contribution in [-0.2, 0) is 0 Å². The number of pyridine rings is 1. The molecule has 0 N–H and O–H groups in total. The van der Waals surface area contributed by atoms with Crippen LogP contribution in [0.5, 0.6) is 0 Å². The lowest BCUT2D eigenvalue weighted by Crippen LogP contribution is -2.52. The van der Waals surface area contributed by atoms with Crippen molar-refractivity contribution in [1.29, 1.82) is 0 Å². The first-order valence-electron chi connectivity index (χ1n) is 10.5. The van der Waals surface area contributed by atoms with Gasteiger partial charge >= 0.3 is 0 Å². The van der Waals surface area contributed by atoms with Crippen LogP contribution in [0, 0.1) is 5.92 Å². The van der Waals surface area contributed by atoms with Crippen LogP contribution in [0.25, 0.3) is 10.6 Å². The van der Waals surface area contributed by atoms with Crippen molar-refractivity contribution in [2.75, 3.05) is 6.54 Å². The minimum absolute atomic E-state index is 0.102. The van der Waals surface area contributed by atoms with E-state index in [4.69, 9.17) is 0 Å². The number of fused-ring (bicyclic) bond motifs is 1. The van der Waals surface area contributed by atoms with Crippen LogP contribution in [0.3, 0.4) is 0 Å². The normalized spacial score (nSPS) is 24.1. The molecule has 5 rings (SSSR count). The van der Waals surface area contributed by atoms with Gasteiger partial charge in [0.2, 0.25) is 0 Å². The summed E-state index contributed by atoms with van der Waals surface area (Å²) in [6, 6.07) is 15.1. The second kappa shape index (κ2) is 8.07. The summed E-state index contributed by atoms with van der Waals surface area (Å²) in [7, 11) is 0. The highest BCUT2D eigenvalue weighted by Gasteiger charge is 2.42. The predicted octanol–water partition coefficient (Wildman–Crippen LogP) is 5.39. The summed E-state index contributed by atoms with van der Waals surface area (Å²) < 4.78 is 0. The van der Waals surface area contributed by atoms with Crippen molar-refractivity contribution in [3.63, 3.8) is 0 Å². The molecule has 0 unspecified atom stereocenters. The van der Waals surface area contributed by atoms with E-state index in [0.717, 1.165) is 30.0 Å². The van der Waals surface area contributed by atoms with E-state index in [9.17, 15) is 4.79 Å². The van der Waals surface area contributed by atoms with E-state index in [0.29, 0.717) is 23.6 Å². The number of amides is 1. The molecule has 1 aromatic carbocycles. The van der Waals surface area contributed by atoms with Gasteiger partial charge in [0.1, 0.15) is 10.7 Å². The zero-order valence-corrected chi connectivity index (χ0v) is 17.2. The van der Waals surface area contributed by atoms with Gasteiger partial charge < -0.3 is 4.90 Å². The minimum atomic E-state index is 0.102. The van der Waals surface area contributed by atoms with E-state index in [1.807, 2.05) is 17.5 Å². The summed E-state index contributed by atoms with van der Waals surface area (Å²) in [5.41, 5.74) is 3.04. The molecular weight excluding hydrogens is 378 g/mol. The first kappa shape index (κ1) is 18.5. The maximum Gasteiger partial charge on any atom is 0.273 e. The molecule has 1 aliphatic heterocycles. The van der Waals surface area contributed by atoms with Crippen molar-refractivity contribution < 1.29 is 4.79 Å². The molecule has 2 fully saturated rings. The van der Waals surface area contributed by atoms with Crippen LogP contribution in [-0.4, -0.2) is 33.4 Å². The first-order valence-corrected chi connectivity index (χ1v) is 11.4. The molecule has 29 heavy (non-hydrogen) atoms. The molecule has 5 heteroatoms. The molecule has 0 radical (unpaired) electrons. The third-order valence-corrected chi connectivity index (χ3v) is 7.41. The Labute approximate surface area is 175 Å². The summed E-state index contributed by atoms with van der Waals surface area (Å²) in [5, 5.41) is 2.80. The van der Waals surface area contributed by atoms with Gasteiger partial charge in [-0.2, -0.15) is 0 Å². The molecule has 2 aliphatic rings. The van der Waals surface area contributed by atoms with Crippen molar-refractivity contribution in [3.8, 4) is 10.6 Å². The molecule has 1 saturated carbocycles. The summed E-state index contributed by atoms with van der Waals surface area (Å²) in [6.45, 7) is 0.821. The van der Waals surface area contributed by atoms with Crippen LogP contribution in [0.2, 0.25) is 0 Å². The van der Waals surface area contributed by atoms with Crippen molar-refractivity contribution in [1.82, 2.24) is 14.9 Å². The number of piperidine rings is 1. The Bertz CT molecular complexity index is 972. The fraction of sp³-hybridized carbons (Fsp3) is 0.375. The highest BCUT2D eigenvalue weighted by molar-refractivity contribution is 7.13. The van der Waals surface area contributed by atoms with Crippen molar-refractivity contribution in [2.24, 2.45) is 5.92 Å². The Balaban J connectivity index is 1.39. The first-order chi connectivity index (χ1) is 14.3. The van der Waals surface area contributed by atoms with Crippen molar-refractivity contribution in [2.45, 2.75) is 44.1 Å². The lowest BCUT2D eigenvalue weighted by molar-refractivity contribution is 0.0315. The zero-order valence-electron chi connectivity index (χ0n) is 16.4. The molecule has 1 saturated heterocycles. The van der Waals surface area contributed by atoms with E-state index in [-0.39, 0.29) is 5.91 Å². The average molecular weight is 404 g/mol. The van der Waals surface area contributed by atoms with E-state index < -0.39 is 0 Å². The SMILES string of the molecule is O=C(c1csc(-c2ccncc2)n1)N1CC[C@H](c2ccccc2)[C@H]2CCCC[C@H]21. The Morgan fingerprint density at radius 3 is 2.62 bits per heavy atom. The maximum absolute atomic E-state index is 13.4. The molecule has 2 aromatic heterocycles. The quantitative estimate of drug-likeness (QED) is 0.589. The second-order valence-electron chi connectivity index (χ2n) is 8.09. The summed E-state index contributed by atoms with van der Waals surface area (Å²) >= 11 is 1.54. The molecule has 3 atom stereocenters. The van der Waals surface area contributed by atoms with Crippen molar-refractivity contribution >= 4 is 17.2 Å². The van der Waals surface area contributed by atoms with Gasteiger partial charge in [-0.25, -0.2) is 4.98 Å². The lowest BCUT2D eigenvalue weighted by atomic mass is 9.69. The van der Waals surface area contributed by atoms with Gasteiger partial charge in [-0.1, -0.05) is 43.2 Å². The number of rotatable bonds is 3. The number of nitrogens with zero attached hydrogens (tertiary/aromatic N) is 3. The number of thiazole rings is 1. The topological polar surface area (TPSA) is 46.1 Å². The number of likely N-dealkylation sites (tertiary alicyclic amines) is 1. The van der Waals surface area contributed by atoms with E-state index in [1.54, 1.807) is 12.4 Å². The molecule has 3 heterocycles. The zero-order chi connectivity index (χ0) is 19.6. The van der Waals surface area contributed by atoms with E-state index in [1.165, 1.54) is 36.2 Å². The molecule has 1 amide bonds. The Hall–Kier alpha value is -2.53. The predicted molar refractivity (Wildman–Crippen MR) is 116 cm³/mol. The lowest BCUT2D eigenvalue weighted by Gasteiger charge is -2.48. The molecule has 0 bridgehead atoms. The number of aromatic nitrogens is 2. The van der Waals surface area contributed by atoms with E-state index in [2.05, 4.69) is 45.2 Å². The second-order valence-corrected chi connectivity index (χ2v) is 8.95. The van der Waals surface area contributed by atoms with Gasteiger partial charge in [-0.15, -0.1) is 11.3 Å². The Morgan fingerprint density at radius 1 is 1.00 bits per heavy atom. The van der Waals surface area contributed by atoms with Gasteiger partial charge in [0.25, 0.3) is 5.91 Å². The summed E-state index contributed by atoms with van der Waals surface area (Å²) in [4.78, 5) is 24.3. The van der Waals surface area contributed by atoms with Gasteiger partial charge in [0.15, 0.2) is 0 Å². The van der Waals surface area contributed by atoms with Crippen LogP contribution in [0.1, 0.15) is 54.1 Å². The third-order valence-electron chi connectivity index (χ3n) is 6.52. The average Bonchev–Trinajstić information content (AvgIpc) is 3.29. The molecular formula is C24H25N3OS. The highest BCUT2D eigenvalue weighted by atomic mass is 32.1. The highest BCUT2D eigenvalue weighted by Crippen LogP contribution is 2.44. The minimum Gasteiger partial charge on any atom is -0.334 e. The third kappa shape index (κ3) is 3.60. The number of hydrogen-bond acceptors (Lipinski definition) is 4. The van der Waals surface area contributed by atoms with Gasteiger partial charge in [0, 0.05) is 35.9 Å². The number of hydrogen-bond donors (Lipinski definition) is 0. The number of carbonyl (C=O) groups is 1. The molecule has 148 valence electrons. The fourth-order valence-corrected chi connectivity index (χ4v) is 5.97. The number of benzene rings is 1. The van der Waals surface area contributed by atoms with Gasteiger partial charge in [-0.3, -0.25) is 9.78 Å². The fourth-order valence-electron chi connectivity index (χ4n) is 5.17. The van der Waals surface area contributed by atoms with Crippen LogP contribution in [0.4, 0.5) is 0 Å². The molecule has 3 aromatic rings. The summed E-state index contributed by atoms with van der Waals surface area (Å²) in [5.74, 6) is 1.22. The van der Waals surface area contributed by atoms with Crippen LogP contribution >= 0.6 is 11.3 Å². The Kier molecular flexibility index (Phi) is 5.15. The largest absolute Gasteiger partial charge is 0.334 e.